The smallest absolute Gasteiger partial charge is 0.224 e. The third kappa shape index (κ3) is 4.96. The molecule has 1 fully saturated rings. The summed E-state index contributed by atoms with van der Waals surface area (Å²) in [6.07, 6.45) is 8.28. The molecule has 0 atom stereocenters. The van der Waals surface area contributed by atoms with Crippen molar-refractivity contribution in [1.29, 1.82) is 0 Å². The topological polar surface area (TPSA) is 41.6 Å². The molecule has 1 aliphatic carbocycles. The maximum absolute atomic E-state index is 12.5. The van der Waals surface area contributed by atoms with Crippen LogP contribution in [0, 0.1) is 0 Å². The van der Waals surface area contributed by atoms with Gasteiger partial charge in [0.1, 0.15) is 0 Å². The third-order valence-corrected chi connectivity index (χ3v) is 4.10. The fourth-order valence-corrected chi connectivity index (χ4v) is 2.82. The van der Waals surface area contributed by atoms with Crippen molar-refractivity contribution in [3.05, 3.63) is 12.7 Å². The average Bonchev–Trinajstić information content (AvgIpc) is 2.44. The molecule has 0 aliphatic heterocycles. The first-order chi connectivity index (χ1) is 9.17. The summed E-state index contributed by atoms with van der Waals surface area (Å²) in [5.74, 6) is 0.202. The molecule has 19 heavy (non-hydrogen) atoms. The van der Waals surface area contributed by atoms with E-state index in [-0.39, 0.29) is 11.4 Å². The molecule has 1 amide bonds. The second-order valence-corrected chi connectivity index (χ2v) is 5.39. The summed E-state index contributed by atoms with van der Waals surface area (Å²) in [4.78, 5) is 14.3. The summed E-state index contributed by atoms with van der Waals surface area (Å²) < 4.78 is 5.07. The van der Waals surface area contributed by atoms with Crippen molar-refractivity contribution in [3.8, 4) is 0 Å². The Bertz CT molecular complexity index is 286. The molecule has 4 nitrogen and oxygen atoms in total. The Hall–Kier alpha value is -0.870. The highest BCUT2D eigenvalue weighted by molar-refractivity contribution is 5.77. The number of hydrogen-bond donors (Lipinski definition) is 1. The van der Waals surface area contributed by atoms with E-state index in [1.54, 1.807) is 13.2 Å². The third-order valence-electron chi connectivity index (χ3n) is 4.10. The average molecular weight is 268 g/mol. The lowest BCUT2D eigenvalue weighted by molar-refractivity contribution is -0.133. The highest BCUT2D eigenvalue weighted by Gasteiger charge is 2.33. The first-order valence-corrected chi connectivity index (χ1v) is 7.24. The highest BCUT2D eigenvalue weighted by atomic mass is 16.5. The summed E-state index contributed by atoms with van der Waals surface area (Å²) in [5, 5.41) is 3.40. The van der Waals surface area contributed by atoms with Crippen LogP contribution in [0.25, 0.3) is 0 Å². The zero-order valence-corrected chi connectivity index (χ0v) is 12.4. The van der Waals surface area contributed by atoms with Gasteiger partial charge in [-0.3, -0.25) is 4.79 Å². The molecule has 0 unspecified atom stereocenters. The predicted molar refractivity (Wildman–Crippen MR) is 78.1 cm³/mol. The minimum atomic E-state index is 0.00181. The van der Waals surface area contributed by atoms with E-state index >= 15 is 0 Å². The van der Waals surface area contributed by atoms with Gasteiger partial charge in [-0.15, -0.1) is 6.58 Å². The minimum Gasteiger partial charge on any atom is -0.383 e. The Labute approximate surface area is 117 Å². The Kier molecular flexibility index (Phi) is 7.10. The zero-order valence-electron chi connectivity index (χ0n) is 12.4. The summed E-state index contributed by atoms with van der Waals surface area (Å²) >= 11 is 0. The number of nitrogens with one attached hydrogen (secondary N) is 1. The van der Waals surface area contributed by atoms with Gasteiger partial charge in [-0.2, -0.15) is 0 Å². The Morgan fingerprint density at radius 2 is 2.11 bits per heavy atom. The van der Waals surface area contributed by atoms with Crippen LogP contribution < -0.4 is 5.32 Å². The molecule has 4 heteroatoms. The van der Waals surface area contributed by atoms with Crippen molar-refractivity contribution in [2.24, 2.45) is 0 Å². The van der Waals surface area contributed by atoms with Gasteiger partial charge in [0.15, 0.2) is 0 Å². The van der Waals surface area contributed by atoms with Crippen LogP contribution in [0.3, 0.4) is 0 Å². The summed E-state index contributed by atoms with van der Waals surface area (Å²) in [6, 6.07) is 0. The van der Waals surface area contributed by atoms with Crippen molar-refractivity contribution in [3.63, 3.8) is 0 Å². The number of ether oxygens (including phenoxy) is 1. The van der Waals surface area contributed by atoms with E-state index in [0.29, 0.717) is 26.1 Å². The molecule has 0 saturated heterocycles. The van der Waals surface area contributed by atoms with E-state index < -0.39 is 0 Å². The lowest BCUT2D eigenvalue weighted by atomic mass is 9.79. The van der Waals surface area contributed by atoms with E-state index in [4.69, 9.17) is 4.74 Å². The fourth-order valence-electron chi connectivity index (χ4n) is 2.82. The van der Waals surface area contributed by atoms with E-state index in [1.807, 2.05) is 11.9 Å². The molecule has 110 valence electrons. The van der Waals surface area contributed by atoms with Gasteiger partial charge < -0.3 is 15.0 Å². The van der Waals surface area contributed by atoms with Crippen LogP contribution in [0.2, 0.25) is 0 Å². The van der Waals surface area contributed by atoms with Crippen molar-refractivity contribution in [2.75, 3.05) is 33.9 Å². The van der Waals surface area contributed by atoms with E-state index in [1.165, 1.54) is 19.3 Å². The van der Waals surface area contributed by atoms with Gasteiger partial charge in [0, 0.05) is 32.2 Å². The van der Waals surface area contributed by atoms with Crippen molar-refractivity contribution in [1.82, 2.24) is 10.2 Å². The number of hydrogen-bond acceptors (Lipinski definition) is 3. The number of nitrogens with zero attached hydrogens (tertiary/aromatic N) is 1. The van der Waals surface area contributed by atoms with Crippen LogP contribution in [-0.4, -0.2) is 50.2 Å². The Morgan fingerprint density at radius 3 is 2.63 bits per heavy atom. The molecule has 0 spiro atoms. The summed E-state index contributed by atoms with van der Waals surface area (Å²) in [6.45, 7) is 5.54. The first kappa shape index (κ1) is 16.2. The summed E-state index contributed by atoms with van der Waals surface area (Å²) in [5.41, 5.74) is 0.00181. The SMILES string of the molecule is C=CCN(CCOC)C(=O)CC1(NC)CCCCC1. The molecular formula is C15H28N2O2. The number of rotatable bonds is 8. The van der Waals surface area contributed by atoms with Gasteiger partial charge in [0.05, 0.1) is 6.61 Å². The molecule has 1 N–H and O–H groups in total. The molecule has 0 aromatic carbocycles. The molecule has 0 aromatic rings. The molecule has 1 rings (SSSR count). The van der Waals surface area contributed by atoms with E-state index in [9.17, 15) is 4.79 Å². The van der Waals surface area contributed by atoms with Crippen molar-refractivity contribution in [2.45, 2.75) is 44.1 Å². The van der Waals surface area contributed by atoms with Crippen LogP contribution in [0.4, 0.5) is 0 Å². The van der Waals surface area contributed by atoms with Gasteiger partial charge in [-0.1, -0.05) is 25.3 Å². The second kappa shape index (κ2) is 8.33. The van der Waals surface area contributed by atoms with Crippen molar-refractivity contribution < 1.29 is 9.53 Å². The Balaban J connectivity index is 2.59. The van der Waals surface area contributed by atoms with Gasteiger partial charge >= 0.3 is 0 Å². The van der Waals surface area contributed by atoms with Gasteiger partial charge in [-0.25, -0.2) is 0 Å². The monoisotopic (exact) mass is 268 g/mol. The maximum Gasteiger partial charge on any atom is 0.224 e. The molecular weight excluding hydrogens is 240 g/mol. The largest absolute Gasteiger partial charge is 0.383 e. The van der Waals surface area contributed by atoms with Crippen LogP contribution in [-0.2, 0) is 9.53 Å². The lowest BCUT2D eigenvalue weighted by Crippen LogP contribution is -2.49. The summed E-state index contributed by atoms with van der Waals surface area (Å²) in [7, 11) is 3.64. The normalized spacial score (nSPS) is 18.0. The minimum absolute atomic E-state index is 0.00181. The van der Waals surface area contributed by atoms with Gasteiger partial charge in [-0.05, 0) is 19.9 Å². The first-order valence-electron chi connectivity index (χ1n) is 7.24. The van der Waals surface area contributed by atoms with E-state index in [2.05, 4.69) is 11.9 Å². The Morgan fingerprint density at radius 1 is 1.42 bits per heavy atom. The molecule has 1 aliphatic rings. The van der Waals surface area contributed by atoms with Crippen LogP contribution >= 0.6 is 0 Å². The zero-order chi connectivity index (χ0) is 14.1. The molecule has 0 aromatic heterocycles. The molecule has 0 bridgehead atoms. The highest BCUT2D eigenvalue weighted by Crippen LogP contribution is 2.31. The van der Waals surface area contributed by atoms with E-state index in [0.717, 1.165) is 12.8 Å². The standard InChI is InChI=1S/C15H28N2O2/c1-4-10-17(11-12-19-3)14(18)13-15(16-2)8-6-5-7-9-15/h4,16H,1,5-13H2,2-3H3. The molecule has 0 heterocycles. The predicted octanol–water partition coefficient (Wildman–Crippen LogP) is 1.96. The van der Waals surface area contributed by atoms with Crippen LogP contribution in [0.1, 0.15) is 38.5 Å². The number of carbonyl (C=O) groups is 1. The number of amides is 1. The lowest BCUT2D eigenvalue weighted by Gasteiger charge is -2.38. The quantitative estimate of drug-likeness (QED) is 0.684. The van der Waals surface area contributed by atoms with Gasteiger partial charge in [0.25, 0.3) is 0 Å². The number of carbonyl (C=O) groups excluding carboxylic acids is 1. The molecule has 0 radical (unpaired) electrons. The second-order valence-electron chi connectivity index (χ2n) is 5.39. The van der Waals surface area contributed by atoms with Crippen LogP contribution in [0.5, 0.6) is 0 Å². The fraction of sp³-hybridized carbons (Fsp3) is 0.800. The molecule has 1 saturated carbocycles. The van der Waals surface area contributed by atoms with Crippen LogP contribution in [0.15, 0.2) is 12.7 Å². The number of methoxy groups -OCH3 is 1. The van der Waals surface area contributed by atoms with Crippen molar-refractivity contribution >= 4 is 5.91 Å². The van der Waals surface area contributed by atoms with Gasteiger partial charge in [0.2, 0.25) is 5.91 Å². The maximum atomic E-state index is 12.5.